The van der Waals surface area contributed by atoms with Crippen LogP contribution in [0.15, 0.2) is 30.5 Å². The van der Waals surface area contributed by atoms with Gasteiger partial charge in [0, 0.05) is 6.54 Å². The Hall–Kier alpha value is -1.81. The van der Waals surface area contributed by atoms with Gasteiger partial charge in [0.2, 0.25) is 0 Å². The first-order chi connectivity index (χ1) is 8.61. The van der Waals surface area contributed by atoms with Crippen molar-refractivity contribution in [3.05, 3.63) is 41.7 Å². The number of hydrogen-bond acceptors (Lipinski definition) is 3. The minimum Gasteiger partial charge on any atom is -0.493 e. The van der Waals surface area contributed by atoms with E-state index in [4.69, 9.17) is 4.74 Å². The fraction of sp³-hybridized carbons (Fsp3) is 0.357. The highest BCUT2D eigenvalue weighted by atomic mass is 16.5. The molecule has 0 N–H and O–H groups in total. The molecule has 96 valence electrons. The smallest absolute Gasteiger partial charge is 0.160 e. The zero-order valence-corrected chi connectivity index (χ0v) is 11.3. The molecular formula is C14H19N3O. The van der Waals surface area contributed by atoms with Crippen LogP contribution in [0.3, 0.4) is 0 Å². The molecule has 0 aliphatic carbocycles. The van der Waals surface area contributed by atoms with E-state index in [0.717, 1.165) is 23.7 Å². The average Bonchev–Trinajstić information content (AvgIpc) is 2.70. The fourth-order valence-corrected chi connectivity index (χ4v) is 1.98. The predicted molar refractivity (Wildman–Crippen MR) is 72.2 cm³/mol. The Labute approximate surface area is 108 Å². The summed E-state index contributed by atoms with van der Waals surface area (Å²) in [7, 11) is 5.79. The maximum atomic E-state index is 5.27. The Kier molecular flexibility index (Phi) is 3.67. The average molecular weight is 245 g/mol. The van der Waals surface area contributed by atoms with Gasteiger partial charge in [0.25, 0.3) is 0 Å². The standard InChI is InChI=1S/C14H19N3O/c1-11-14(18-4)10-17(15-11)13-8-6-5-7-12(13)9-16(2)3/h5-8,10H,9H2,1-4H3. The van der Waals surface area contributed by atoms with E-state index in [2.05, 4.69) is 42.3 Å². The molecule has 1 aromatic heterocycles. The first kappa shape index (κ1) is 12.6. The number of benzene rings is 1. The van der Waals surface area contributed by atoms with Crippen molar-refractivity contribution in [1.82, 2.24) is 14.7 Å². The quantitative estimate of drug-likeness (QED) is 0.827. The maximum absolute atomic E-state index is 5.27. The van der Waals surface area contributed by atoms with Crippen LogP contribution in [0.5, 0.6) is 5.75 Å². The second kappa shape index (κ2) is 5.23. The van der Waals surface area contributed by atoms with Gasteiger partial charge in [0.15, 0.2) is 5.75 Å². The van der Waals surface area contributed by atoms with Crippen molar-refractivity contribution in [2.45, 2.75) is 13.5 Å². The topological polar surface area (TPSA) is 30.3 Å². The van der Waals surface area contributed by atoms with E-state index in [1.165, 1.54) is 5.56 Å². The van der Waals surface area contributed by atoms with Gasteiger partial charge in [-0.05, 0) is 32.6 Å². The molecule has 2 aromatic rings. The van der Waals surface area contributed by atoms with Gasteiger partial charge in [-0.3, -0.25) is 0 Å². The molecule has 0 aliphatic heterocycles. The Bertz CT molecular complexity index is 532. The molecule has 0 atom stereocenters. The van der Waals surface area contributed by atoms with Crippen LogP contribution in [-0.4, -0.2) is 35.9 Å². The van der Waals surface area contributed by atoms with Crippen molar-refractivity contribution in [3.8, 4) is 11.4 Å². The maximum Gasteiger partial charge on any atom is 0.160 e. The van der Waals surface area contributed by atoms with E-state index < -0.39 is 0 Å². The van der Waals surface area contributed by atoms with Crippen LogP contribution >= 0.6 is 0 Å². The van der Waals surface area contributed by atoms with Gasteiger partial charge >= 0.3 is 0 Å². The van der Waals surface area contributed by atoms with Crippen LogP contribution in [0.25, 0.3) is 5.69 Å². The summed E-state index contributed by atoms with van der Waals surface area (Å²) in [5.41, 5.74) is 3.24. The molecule has 18 heavy (non-hydrogen) atoms. The number of rotatable bonds is 4. The lowest BCUT2D eigenvalue weighted by atomic mass is 10.1. The molecule has 0 spiro atoms. The third kappa shape index (κ3) is 2.54. The van der Waals surface area contributed by atoms with Crippen molar-refractivity contribution >= 4 is 0 Å². The molecular weight excluding hydrogens is 226 g/mol. The molecule has 1 aromatic carbocycles. The summed E-state index contributed by atoms with van der Waals surface area (Å²) in [6.45, 7) is 2.83. The molecule has 4 nitrogen and oxygen atoms in total. The summed E-state index contributed by atoms with van der Waals surface area (Å²) in [5.74, 6) is 0.814. The third-order valence-electron chi connectivity index (χ3n) is 2.80. The van der Waals surface area contributed by atoms with E-state index in [9.17, 15) is 0 Å². The van der Waals surface area contributed by atoms with Crippen molar-refractivity contribution in [2.75, 3.05) is 21.2 Å². The Morgan fingerprint density at radius 3 is 2.61 bits per heavy atom. The molecule has 2 rings (SSSR count). The number of ether oxygens (including phenoxy) is 1. The minimum absolute atomic E-state index is 0.814. The molecule has 0 aliphatic rings. The van der Waals surface area contributed by atoms with Gasteiger partial charge in [0.1, 0.15) is 5.69 Å². The monoisotopic (exact) mass is 245 g/mol. The third-order valence-corrected chi connectivity index (χ3v) is 2.80. The summed E-state index contributed by atoms with van der Waals surface area (Å²) in [4.78, 5) is 2.15. The Morgan fingerprint density at radius 2 is 2.00 bits per heavy atom. The minimum atomic E-state index is 0.814. The number of methoxy groups -OCH3 is 1. The number of hydrogen-bond donors (Lipinski definition) is 0. The predicted octanol–water partition coefficient (Wildman–Crippen LogP) is 2.25. The number of aromatic nitrogens is 2. The van der Waals surface area contributed by atoms with Crippen molar-refractivity contribution in [3.63, 3.8) is 0 Å². The molecule has 0 saturated heterocycles. The highest BCUT2D eigenvalue weighted by molar-refractivity contribution is 5.42. The summed E-state index contributed by atoms with van der Waals surface area (Å²) in [6, 6.07) is 8.28. The second-order valence-corrected chi connectivity index (χ2v) is 4.59. The van der Waals surface area contributed by atoms with Crippen molar-refractivity contribution in [1.29, 1.82) is 0 Å². The number of nitrogens with zero attached hydrogens (tertiary/aromatic N) is 3. The Balaban J connectivity index is 2.42. The summed E-state index contributed by atoms with van der Waals surface area (Å²) >= 11 is 0. The Morgan fingerprint density at radius 1 is 1.28 bits per heavy atom. The molecule has 0 bridgehead atoms. The summed E-state index contributed by atoms with van der Waals surface area (Å²) in [5, 5.41) is 4.49. The van der Waals surface area contributed by atoms with Crippen molar-refractivity contribution < 1.29 is 4.74 Å². The van der Waals surface area contributed by atoms with Crippen LogP contribution in [0, 0.1) is 6.92 Å². The lowest BCUT2D eigenvalue weighted by molar-refractivity contribution is 0.401. The molecule has 0 fully saturated rings. The van der Waals surface area contributed by atoms with Gasteiger partial charge in [-0.25, -0.2) is 4.68 Å². The van der Waals surface area contributed by atoms with E-state index >= 15 is 0 Å². The van der Waals surface area contributed by atoms with Gasteiger partial charge in [-0.2, -0.15) is 5.10 Å². The zero-order chi connectivity index (χ0) is 13.1. The van der Waals surface area contributed by atoms with Crippen molar-refractivity contribution in [2.24, 2.45) is 0 Å². The van der Waals surface area contributed by atoms with E-state index in [0.29, 0.717) is 0 Å². The van der Waals surface area contributed by atoms with Crippen LogP contribution in [-0.2, 0) is 6.54 Å². The van der Waals surface area contributed by atoms with Gasteiger partial charge < -0.3 is 9.64 Å². The number of aryl methyl sites for hydroxylation is 1. The fourth-order valence-electron chi connectivity index (χ4n) is 1.98. The van der Waals surface area contributed by atoms with E-state index in [1.54, 1.807) is 7.11 Å². The highest BCUT2D eigenvalue weighted by Crippen LogP contribution is 2.21. The van der Waals surface area contributed by atoms with Crippen LogP contribution in [0.1, 0.15) is 11.3 Å². The normalized spacial score (nSPS) is 10.9. The largest absolute Gasteiger partial charge is 0.493 e. The SMILES string of the molecule is COc1cn(-c2ccccc2CN(C)C)nc1C. The van der Waals surface area contributed by atoms with Gasteiger partial charge in [0.05, 0.1) is 19.0 Å². The summed E-state index contributed by atoms with van der Waals surface area (Å²) < 4.78 is 7.16. The summed E-state index contributed by atoms with van der Waals surface area (Å²) in [6.07, 6.45) is 1.92. The second-order valence-electron chi connectivity index (χ2n) is 4.59. The molecule has 0 radical (unpaired) electrons. The first-order valence-electron chi connectivity index (χ1n) is 5.95. The lowest BCUT2D eigenvalue weighted by Gasteiger charge is -2.13. The molecule has 0 unspecified atom stereocenters. The zero-order valence-electron chi connectivity index (χ0n) is 11.3. The molecule has 4 heteroatoms. The van der Waals surface area contributed by atoms with Crippen LogP contribution < -0.4 is 4.74 Å². The van der Waals surface area contributed by atoms with Crippen LogP contribution in [0.2, 0.25) is 0 Å². The van der Waals surface area contributed by atoms with Gasteiger partial charge in [-0.15, -0.1) is 0 Å². The molecule has 0 saturated carbocycles. The van der Waals surface area contributed by atoms with E-state index in [-0.39, 0.29) is 0 Å². The van der Waals surface area contributed by atoms with E-state index in [1.807, 2.05) is 23.9 Å². The first-order valence-corrected chi connectivity index (χ1v) is 5.95. The number of para-hydroxylation sites is 1. The molecule has 0 amide bonds. The molecule has 1 heterocycles. The highest BCUT2D eigenvalue weighted by Gasteiger charge is 2.09. The lowest BCUT2D eigenvalue weighted by Crippen LogP contribution is -2.13. The van der Waals surface area contributed by atoms with Gasteiger partial charge in [-0.1, -0.05) is 18.2 Å². The van der Waals surface area contributed by atoms with Crippen LogP contribution in [0.4, 0.5) is 0 Å².